The van der Waals surface area contributed by atoms with Gasteiger partial charge in [0, 0.05) is 6.61 Å². The number of methoxy groups -OCH3 is 1. The summed E-state index contributed by atoms with van der Waals surface area (Å²) in [7, 11) is 1.61. The number of aromatic amines is 1. The van der Waals surface area contributed by atoms with Crippen molar-refractivity contribution in [2.45, 2.75) is 31.9 Å². The number of hydrogen-bond acceptors (Lipinski definition) is 6. The molecule has 2 atom stereocenters. The molecule has 2 heterocycles. The first kappa shape index (κ1) is 15.8. The van der Waals surface area contributed by atoms with Gasteiger partial charge in [-0.25, -0.2) is 4.98 Å². The zero-order valence-electron chi connectivity index (χ0n) is 13.4. The molecule has 7 nitrogen and oxygen atoms in total. The second-order valence-corrected chi connectivity index (χ2v) is 5.40. The van der Waals surface area contributed by atoms with Crippen molar-refractivity contribution < 1.29 is 14.2 Å². The normalized spacial score (nSPS) is 18.8. The highest BCUT2D eigenvalue weighted by molar-refractivity contribution is 5.44. The molecule has 124 valence electrons. The second-order valence-electron chi connectivity index (χ2n) is 5.40. The van der Waals surface area contributed by atoms with Gasteiger partial charge in [-0.3, -0.25) is 5.10 Å². The molecule has 23 heavy (non-hydrogen) atoms. The fourth-order valence-electron chi connectivity index (χ4n) is 2.67. The molecule has 3 rings (SSSR count). The predicted octanol–water partition coefficient (Wildman–Crippen LogP) is 2.11. The Morgan fingerprint density at radius 2 is 2.30 bits per heavy atom. The maximum Gasteiger partial charge on any atom is 0.171 e. The first-order valence-corrected chi connectivity index (χ1v) is 7.83. The van der Waals surface area contributed by atoms with Gasteiger partial charge in [0.15, 0.2) is 23.1 Å². The third kappa shape index (κ3) is 3.30. The molecule has 0 aliphatic carbocycles. The van der Waals surface area contributed by atoms with Crippen LogP contribution in [0.25, 0.3) is 0 Å². The van der Waals surface area contributed by atoms with Gasteiger partial charge in [0.2, 0.25) is 0 Å². The maximum atomic E-state index is 6.29. The first-order valence-electron chi connectivity index (χ1n) is 7.83. The highest BCUT2D eigenvalue weighted by Gasteiger charge is 2.23. The number of nitrogens with zero attached hydrogens (tertiary/aromatic N) is 2. The number of benzene rings is 1. The summed E-state index contributed by atoms with van der Waals surface area (Å²) in [5, 5.41) is 7.17. The van der Waals surface area contributed by atoms with Crippen molar-refractivity contribution in [2.24, 2.45) is 5.73 Å². The number of rotatable bonds is 6. The third-order valence-corrected chi connectivity index (χ3v) is 3.88. The van der Waals surface area contributed by atoms with Gasteiger partial charge in [0.1, 0.15) is 6.10 Å². The maximum absolute atomic E-state index is 6.29. The van der Waals surface area contributed by atoms with Crippen LogP contribution in [0.2, 0.25) is 0 Å². The summed E-state index contributed by atoms with van der Waals surface area (Å²) in [6.07, 6.45) is 2.00. The van der Waals surface area contributed by atoms with Crippen molar-refractivity contribution in [1.82, 2.24) is 15.2 Å². The number of hydrogen-bond donors (Lipinski definition) is 2. The third-order valence-electron chi connectivity index (χ3n) is 3.88. The zero-order valence-corrected chi connectivity index (χ0v) is 13.4. The Balaban J connectivity index is 1.80. The quantitative estimate of drug-likeness (QED) is 0.847. The molecular weight excluding hydrogens is 296 g/mol. The van der Waals surface area contributed by atoms with E-state index in [1.165, 1.54) is 0 Å². The van der Waals surface area contributed by atoms with Crippen LogP contribution in [0, 0.1) is 0 Å². The summed E-state index contributed by atoms with van der Waals surface area (Å²) in [5.74, 6) is 2.63. The van der Waals surface area contributed by atoms with E-state index in [0.29, 0.717) is 23.9 Å². The average Bonchev–Trinajstić information content (AvgIpc) is 3.26. The molecule has 1 fully saturated rings. The highest BCUT2D eigenvalue weighted by atomic mass is 16.5. The fourth-order valence-corrected chi connectivity index (χ4v) is 2.67. The monoisotopic (exact) mass is 318 g/mol. The summed E-state index contributed by atoms with van der Waals surface area (Å²) in [6, 6.07) is 5.18. The van der Waals surface area contributed by atoms with Gasteiger partial charge in [-0.1, -0.05) is 6.07 Å². The largest absolute Gasteiger partial charge is 0.493 e. The van der Waals surface area contributed by atoms with Crippen molar-refractivity contribution in [2.75, 3.05) is 20.3 Å². The lowest BCUT2D eigenvalue weighted by Gasteiger charge is -2.13. The van der Waals surface area contributed by atoms with Crippen LogP contribution in [0.4, 0.5) is 0 Å². The number of H-pyrrole nitrogens is 1. The second kappa shape index (κ2) is 6.97. The van der Waals surface area contributed by atoms with Crippen LogP contribution in [-0.4, -0.2) is 35.5 Å². The smallest absolute Gasteiger partial charge is 0.171 e. The summed E-state index contributed by atoms with van der Waals surface area (Å²) in [5.41, 5.74) is 7.16. The van der Waals surface area contributed by atoms with Gasteiger partial charge in [-0.05, 0) is 37.5 Å². The van der Waals surface area contributed by atoms with Crippen molar-refractivity contribution in [3.63, 3.8) is 0 Å². The summed E-state index contributed by atoms with van der Waals surface area (Å²) in [4.78, 5) is 4.49. The molecule has 1 saturated heterocycles. The lowest BCUT2D eigenvalue weighted by molar-refractivity contribution is 0.105. The van der Waals surface area contributed by atoms with Gasteiger partial charge in [-0.15, -0.1) is 0 Å². The highest BCUT2D eigenvalue weighted by Crippen LogP contribution is 2.31. The Kier molecular flexibility index (Phi) is 4.78. The van der Waals surface area contributed by atoms with Crippen molar-refractivity contribution in [3.05, 3.63) is 35.4 Å². The summed E-state index contributed by atoms with van der Waals surface area (Å²) < 4.78 is 16.5. The lowest BCUT2D eigenvalue weighted by atomic mass is 10.1. The number of aromatic nitrogens is 3. The van der Waals surface area contributed by atoms with Gasteiger partial charge in [0.05, 0.1) is 19.8 Å². The number of nitrogens with one attached hydrogen (secondary N) is 1. The van der Waals surface area contributed by atoms with Gasteiger partial charge < -0.3 is 19.9 Å². The number of nitrogens with two attached hydrogens (primary N) is 1. The first-order chi connectivity index (χ1) is 11.2. The van der Waals surface area contributed by atoms with Gasteiger partial charge in [-0.2, -0.15) is 5.10 Å². The summed E-state index contributed by atoms with van der Waals surface area (Å²) in [6.45, 7) is 3.27. The van der Waals surface area contributed by atoms with Crippen LogP contribution in [0.15, 0.2) is 18.2 Å². The number of ether oxygens (including phenoxy) is 3. The Bertz CT molecular complexity index is 653. The van der Waals surface area contributed by atoms with Crippen LogP contribution >= 0.6 is 0 Å². The van der Waals surface area contributed by atoms with E-state index < -0.39 is 6.04 Å². The molecule has 7 heteroatoms. The molecule has 0 saturated carbocycles. The van der Waals surface area contributed by atoms with Gasteiger partial charge in [0.25, 0.3) is 0 Å². The molecule has 0 unspecified atom stereocenters. The van der Waals surface area contributed by atoms with Crippen LogP contribution in [0.5, 0.6) is 11.5 Å². The van der Waals surface area contributed by atoms with Crippen LogP contribution < -0.4 is 15.2 Å². The Morgan fingerprint density at radius 1 is 1.43 bits per heavy atom. The molecule has 0 spiro atoms. The van der Waals surface area contributed by atoms with Crippen LogP contribution in [0.1, 0.15) is 49.1 Å². The minimum absolute atomic E-state index is 0.00156. The van der Waals surface area contributed by atoms with Crippen molar-refractivity contribution in [1.29, 1.82) is 0 Å². The summed E-state index contributed by atoms with van der Waals surface area (Å²) >= 11 is 0. The zero-order chi connectivity index (χ0) is 16.2. The van der Waals surface area contributed by atoms with E-state index in [9.17, 15) is 0 Å². The van der Waals surface area contributed by atoms with Crippen molar-refractivity contribution in [3.8, 4) is 11.5 Å². The fraction of sp³-hybridized carbons (Fsp3) is 0.500. The molecule has 1 aromatic heterocycles. The van der Waals surface area contributed by atoms with Gasteiger partial charge >= 0.3 is 0 Å². The topological polar surface area (TPSA) is 95.3 Å². The van der Waals surface area contributed by atoms with E-state index in [0.717, 1.165) is 30.8 Å². The average molecular weight is 318 g/mol. The minimum Gasteiger partial charge on any atom is -0.493 e. The Hall–Kier alpha value is -2.12. The SMILES string of the molecule is CCOc1ccc([C@@H](N)c2n[nH]c([C@@H]3CCCO3)n2)cc1OC. The molecule has 0 radical (unpaired) electrons. The minimum atomic E-state index is -0.439. The van der Waals surface area contributed by atoms with Crippen LogP contribution in [-0.2, 0) is 4.74 Å². The molecule has 1 aliphatic rings. The molecule has 3 N–H and O–H groups in total. The van der Waals surface area contributed by atoms with E-state index >= 15 is 0 Å². The molecular formula is C16H22N4O3. The lowest BCUT2D eigenvalue weighted by Crippen LogP contribution is -2.14. The van der Waals surface area contributed by atoms with Crippen molar-refractivity contribution >= 4 is 0 Å². The van der Waals surface area contributed by atoms with E-state index in [2.05, 4.69) is 15.2 Å². The van der Waals surface area contributed by atoms with E-state index in [1.54, 1.807) is 7.11 Å². The molecule has 0 bridgehead atoms. The Labute approximate surface area is 135 Å². The Morgan fingerprint density at radius 3 is 3.00 bits per heavy atom. The van der Waals surface area contributed by atoms with Crippen LogP contribution in [0.3, 0.4) is 0 Å². The molecule has 1 aliphatic heterocycles. The molecule has 0 amide bonds. The molecule has 2 aromatic rings. The predicted molar refractivity (Wildman–Crippen MR) is 84.5 cm³/mol. The standard InChI is InChI=1S/C16H22N4O3/c1-3-22-11-7-6-10(9-13(11)21-2)14(17)16-18-15(19-20-16)12-5-4-8-23-12/h6-7,9,12,14H,3-5,8,17H2,1-2H3,(H,18,19,20)/t12-,14+/m0/s1. The van der Waals surface area contributed by atoms with E-state index in [1.807, 2.05) is 25.1 Å². The molecule has 1 aromatic carbocycles. The van der Waals surface area contributed by atoms with E-state index in [4.69, 9.17) is 19.9 Å². The van der Waals surface area contributed by atoms with E-state index in [-0.39, 0.29) is 6.10 Å².